The van der Waals surface area contributed by atoms with E-state index in [1.807, 2.05) is 25.1 Å². The van der Waals surface area contributed by atoms with E-state index in [1.165, 1.54) is 6.33 Å². The molecule has 2 N–H and O–H groups in total. The fourth-order valence-electron chi connectivity index (χ4n) is 1.83. The van der Waals surface area contributed by atoms with Gasteiger partial charge in [0.15, 0.2) is 0 Å². The number of carbonyl (C=O) groups is 1. The molecule has 7 heteroatoms. The summed E-state index contributed by atoms with van der Waals surface area (Å²) in [6.07, 6.45) is 3.22. The van der Waals surface area contributed by atoms with Crippen molar-refractivity contribution in [3.8, 4) is 5.69 Å². The fourth-order valence-corrected chi connectivity index (χ4v) is 1.83. The first-order chi connectivity index (χ1) is 9.70. The average molecular weight is 275 g/mol. The van der Waals surface area contributed by atoms with E-state index in [-0.39, 0.29) is 12.5 Å². The molecule has 0 aliphatic rings. The number of anilines is 1. The van der Waals surface area contributed by atoms with Crippen molar-refractivity contribution in [2.45, 2.75) is 26.2 Å². The number of aliphatic hydroxyl groups excluding tert-OH is 1. The Labute approximate surface area is 116 Å². The predicted molar refractivity (Wildman–Crippen MR) is 73.5 cm³/mol. The number of hydrogen-bond acceptors (Lipinski definition) is 5. The van der Waals surface area contributed by atoms with Crippen LogP contribution in [-0.4, -0.2) is 37.8 Å². The van der Waals surface area contributed by atoms with Crippen LogP contribution < -0.4 is 5.32 Å². The Balaban J connectivity index is 2.06. The first-order valence-corrected chi connectivity index (χ1v) is 6.45. The highest BCUT2D eigenvalue weighted by Gasteiger charge is 2.07. The molecule has 0 unspecified atom stereocenters. The van der Waals surface area contributed by atoms with E-state index >= 15 is 0 Å². The van der Waals surface area contributed by atoms with Crippen LogP contribution in [0.4, 0.5) is 5.69 Å². The van der Waals surface area contributed by atoms with Crippen LogP contribution >= 0.6 is 0 Å². The molecule has 7 nitrogen and oxygen atoms in total. The zero-order valence-electron chi connectivity index (χ0n) is 11.3. The maximum atomic E-state index is 11.7. The lowest BCUT2D eigenvalue weighted by atomic mass is 10.1. The van der Waals surface area contributed by atoms with E-state index in [9.17, 15) is 4.79 Å². The van der Waals surface area contributed by atoms with Crippen molar-refractivity contribution in [1.82, 2.24) is 20.2 Å². The molecular weight excluding hydrogens is 258 g/mol. The second kappa shape index (κ2) is 6.76. The van der Waals surface area contributed by atoms with Crippen LogP contribution in [0, 0.1) is 6.92 Å². The van der Waals surface area contributed by atoms with Gasteiger partial charge in [-0.3, -0.25) is 4.79 Å². The molecular formula is C13H17N5O2. The molecule has 0 bridgehead atoms. The van der Waals surface area contributed by atoms with Gasteiger partial charge >= 0.3 is 0 Å². The van der Waals surface area contributed by atoms with Crippen molar-refractivity contribution >= 4 is 11.6 Å². The number of tetrazole rings is 1. The highest BCUT2D eigenvalue weighted by Crippen LogP contribution is 2.18. The zero-order valence-corrected chi connectivity index (χ0v) is 11.3. The molecule has 106 valence electrons. The molecule has 1 amide bonds. The Morgan fingerprint density at radius 3 is 2.95 bits per heavy atom. The lowest BCUT2D eigenvalue weighted by Gasteiger charge is -2.09. The van der Waals surface area contributed by atoms with Crippen LogP contribution in [-0.2, 0) is 4.79 Å². The van der Waals surface area contributed by atoms with Crippen molar-refractivity contribution in [2.24, 2.45) is 0 Å². The summed E-state index contributed by atoms with van der Waals surface area (Å²) in [7, 11) is 0. The predicted octanol–water partition coefficient (Wildman–Crippen LogP) is 1.07. The van der Waals surface area contributed by atoms with Crippen molar-refractivity contribution in [3.63, 3.8) is 0 Å². The molecule has 2 rings (SSSR count). The van der Waals surface area contributed by atoms with Gasteiger partial charge in [0.25, 0.3) is 0 Å². The van der Waals surface area contributed by atoms with Gasteiger partial charge in [-0.1, -0.05) is 6.07 Å². The Kier molecular flexibility index (Phi) is 4.78. The Morgan fingerprint density at radius 1 is 1.40 bits per heavy atom. The molecule has 0 aliphatic heterocycles. The highest BCUT2D eigenvalue weighted by molar-refractivity contribution is 5.91. The number of nitrogens with one attached hydrogen (secondary N) is 1. The number of hydrogen-bond donors (Lipinski definition) is 2. The Hall–Kier alpha value is -2.28. The standard InChI is InChI=1S/C13H17N5O2/c1-10-5-6-11(15-13(20)4-2-3-7-19)8-12(10)18-9-14-16-17-18/h5-6,8-9,19H,2-4,7H2,1H3,(H,15,20). The Bertz CT molecular complexity index is 568. The Morgan fingerprint density at radius 2 is 2.25 bits per heavy atom. The summed E-state index contributed by atoms with van der Waals surface area (Å²) in [5, 5.41) is 22.6. The first-order valence-electron chi connectivity index (χ1n) is 6.45. The monoisotopic (exact) mass is 275 g/mol. The average Bonchev–Trinajstić information content (AvgIpc) is 2.95. The third-order valence-electron chi connectivity index (χ3n) is 2.90. The lowest BCUT2D eigenvalue weighted by Crippen LogP contribution is -2.12. The van der Waals surface area contributed by atoms with Gasteiger partial charge < -0.3 is 10.4 Å². The normalized spacial score (nSPS) is 10.5. The third kappa shape index (κ3) is 3.61. The van der Waals surface area contributed by atoms with E-state index in [0.29, 0.717) is 24.9 Å². The first kappa shape index (κ1) is 14.1. The quantitative estimate of drug-likeness (QED) is 0.769. The van der Waals surface area contributed by atoms with E-state index < -0.39 is 0 Å². The second-order valence-corrected chi connectivity index (χ2v) is 4.48. The summed E-state index contributed by atoms with van der Waals surface area (Å²) in [5.74, 6) is -0.0648. The summed E-state index contributed by atoms with van der Waals surface area (Å²) < 4.78 is 1.55. The minimum atomic E-state index is -0.0648. The summed E-state index contributed by atoms with van der Waals surface area (Å²) >= 11 is 0. The molecule has 0 fully saturated rings. The van der Waals surface area contributed by atoms with Gasteiger partial charge in [0.05, 0.1) is 5.69 Å². The molecule has 0 spiro atoms. The van der Waals surface area contributed by atoms with Crippen LogP contribution in [0.1, 0.15) is 24.8 Å². The highest BCUT2D eigenvalue weighted by atomic mass is 16.3. The molecule has 0 aliphatic carbocycles. The number of nitrogens with zero attached hydrogens (tertiary/aromatic N) is 4. The molecule has 1 aromatic heterocycles. The fraction of sp³-hybridized carbons (Fsp3) is 0.385. The third-order valence-corrected chi connectivity index (χ3v) is 2.90. The van der Waals surface area contributed by atoms with Gasteiger partial charge in [0, 0.05) is 18.7 Å². The molecule has 0 radical (unpaired) electrons. The zero-order chi connectivity index (χ0) is 14.4. The van der Waals surface area contributed by atoms with Gasteiger partial charge in [-0.2, -0.15) is 0 Å². The van der Waals surface area contributed by atoms with Gasteiger partial charge in [0.1, 0.15) is 6.33 Å². The lowest BCUT2D eigenvalue weighted by molar-refractivity contribution is -0.116. The molecule has 20 heavy (non-hydrogen) atoms. The number of carbonyl (C=O) groups excluding carboxylic acids is 1. The largest absolute Gasteiger partial charge is 0.396 e. The molecule has 1 aromatic carbocycles. The number of unbranched alkanes of at least 4 members (excludes halogenated alkanes) is 1. The van der Waals surface area contributed by atoms with Crippen molar-refractivity contribution in [1.29, 1.82) is 0 Å². The SMILES string of the molecule is Cc1ccc(NC(=O)CCCCO)cc1-n1cnnn1. The number of aliphatic hydroxyl groups is 1. The van der Waals surface area contributed by atoms with Gasteiger partial charge in [-0.25, -0.2) is 4.68 Å². The summed E-state index contributed by atoms with van der Waals surface area (Å²) in [4.78, 5) is 11.7. The van der Waals surface area contributed by atoms with E-state index in [2.05, 4.69) is 20.8 Å². The minimum absolute atomic E-state index is 0.0648. The van der Waals surface area contributed by atoms with E-state index in [1.54, 1.807) is 4.68 Å². The van der Waals surface area contributed by atoms with E-state index in [4.69, 9.17) is 5.11 Å². The summed E-state index contributed by atoms with van der Waals surface area (Å²) in [6.45, 7) is 2.06. The number of amides is 1. The molecule has 0 atom stereocenters. The van der Waals surface area contributed by atoms with Crippen molar-refractivity contribution < 1.29 is 9.90 Å². The van der Waals surface area contributed by atoms with Crippen molar-refractivity contribution in [3.05, 3.63) is 30.1 Å². The van der Waals surface area contributed by atoms with Gasteiger partial charge in [-0.15, -0.1) is 5.10 Å². The van der Waals surface area contributed by atoms with Gasteiger partial charge in [-0.05, 0) is 47.9 Å². The molecule has 2 aromatic rings. The number of benzene rings is 1. The molecule has 1 heterocycles. The van der Waals surface area contributed by atoms with Gasteiger partial charge in [0.2, 0.25) is 5.91 Å². The number of aryl methyl sites for hydroxylation is 1. The molecule has 0 saturated heterocycles. The topological polar surface area (TPSA) is 92.9 Å². The van der Waals surface area contributed by atoms with Crippen LogP contribution in [0.5, 0.6) is 0 Å². The van der Waals surface area contributed by atoms with Crippen LogP contribution in [0.25, 0.3) is 5.69 Å². The minimum Gasteiger partial charge on any atom is -0.396 e. The second-order valence-electron chi connectivity index (χ2n) is 4.48. The number of rotatable bonds is 6. The van der Waals surface area contributed by atoms with Crippen molar-refractivity contribution in [2.75, 3.05) is 11.9 Å². The summed E-state index contributed by atoms with van der Waals surface area (Å²) in [6, 6.07) is 5.57. The van der Waals surface area contributed by atoms with E-state index in [0.717, 1.165) is 11.3 Å². The maximum absolute atomic E-state index is 11.7. The van der Waals surface area contributed by atoms with Crippen LogP contribution in [0.15, 0.2) is 24.5 Å². The van der Waals surface area contributed by atoms with Crippen LogP contribution in [0.2, 0.25) is 0 Å². The maximum Gasteiger partial charge on any atom is 0.224 e. The number of aromatic nitrogens is 4. The molecule has 0 saturated carbocycles. The summed E-state index contributed by atoms with van der Waals surface area (Å²) in [5.41, 5.74) is 2.54. The van der Waals surface area contributed by atoms with Crippen LogP contribution in [0.3, 0.4) is 0 Å². The smallest absolute Gasteiger partial charge is 0.224 e.